The van der Waals surface area contributed by atoms with E-state index in [0.717, 1.165) is 11.6 Å². The van der Waals surface area contributed by atoms with E-state index in [0.29, 0.717) is 0 Å². The Labute approximate surface area is 77.2 Å². The van der Waals surface area contributed by atoms with Gasteiger partial charge >= 0.3 is 0 Å². The van der Waals surface area contributed by atoms with E-state index in [9.17, 15) is 0 Å². The first-order valence-electron chi connectivity index (χ1n) is 4.22. The Morgan fingerprint density at radius 2 is 1.92 bits per heavy atom. The van der Waals surface area contributed by atoms with Gasteiger partial charge in [0.05, 0.1) is 0 Å². The van der Waals surface area contributed by atoms with Gasteiger partial charge in [0.1, 0.15) is 5.75 Å². The summed E-state index contributed by atoms with van der Waals surface area (Å²) in [5, 5.41) is 0. The van der Waals surface area contributed by atoms with Gasteiger partial charge in [-0.3, -0.25) is 0 Å². The van der Waals surface area contributed by atoms with Crippen molar-refractivity contribution in [3.05, 3.63) is 48.2 Å². The summed E-state index contributed by atoms with van der Waals surface area (Å²) >= 11 is 0. The highest BCUT2D eigenvalue weighted by Gasteiger charge is 1.96. The van der Waals surface area contributed by atoms with E-state index in [-0.39, 0.29) is 0 Å². The van der Waals surface area contributed by atoms with Crippen molar-refractivity contribution in [1.29, 1.82) is 0 Å². The van der Waals surface area contributed by atoms with E-state index in [4.69, 9.17) is 4.74 Å². The molecular formula is C11H11NO. The fraction of sp³-hybridized carbons (Fsp3) is 0.0909. The standard InChI is InChI=1S/C11H11NO/c1-9-7-11(12-8-9)13-10-5-3-2-4-6-10/h2-8,12H,1H3. The Bertz CT molecular complexity index is 378. The van der Waals surface area contributed by atoms with Crippen molar-refractivity contribution in [2.75, 3.05) is 0 Å². The van der Waals surface area contributed by atoms with E-state index in [1.54, 1.807) is 0 Å². The molecule has 66 valence electrons. The third-order valence-corrected chi connectivity index (χ3v) is 1.77. The van der Waals surface area contributed by atoms with Crippen molar-refractivity contribution >= 4 is 0 Å². The van der Waals surface area contributed by atoms with Crippen LogP contribution in [0.1, 0.15) is 5.56 Å². The first kappa shape index (κ1) is 7.92. The van der Waals surface area contributed by atoms with Crippen molar-refractivity contribution < 1.29 is 4.74 Å². The van der Waals surface area contributed by atoms with Gasteiger partial charge in [-0.2, -0.15) is 0 Å². The molecule has 0 radical (unpaired) electrons. The van der Waals surface area contributed by atoms with Crippen LogP contribution in [-0.2, 0) is 0 Å². The van der Waals surface area contributed by atoms with Gasteiger partial charge in [0, 0.05) is 12.3 Å². The lowest BCUT2D eigenvalue weighted by atomic mass is 10.3. The zero-order chi connectivity index (χ0) is 9.10. The minimum absolute atomic E-state index is 0.781. The molecule has 0 aliphatic rings. The van der Waals surface area contributed by atoms with E-state index in [1.165, 1.54) is 5.56 Å². The fourth-order valence-corrected chi connectivity index (χ4v) is 1.15. The van der Waals surface area contributed by atoms with Crippen LogP contribution in [0.4, 0.5) is 0 Å². The highest BCUT2D eigenvalue weighted by atomic mass is 16.5. The molecule has 1 aromatic heterocycles. The van der Waals surface area contributed by atoms with Crippen LogP contribution in [0, 0.1) is 6.92 Å². The molecule has 0 unspecified atom stereocenters. The quantitative estimate of drug-likeness (QED) is 0.741. The second kappa shape index (κ2) is 3.35. The van der Waals surface area contributed by atoms with E-state index in [2.05, 4.69) is 4.98 Å². The molecule has 0 atom stereocenters. The summed E-state index contributed by atoms with van der Waals surface area (Å²) in [4.78, 5) is 3.03. The molecule has 0 aliphatic carbocycles. The first-order valence-corrected chi connectivity index (χ1v) is 4.22. The number of benzene rings is 1. The fourth-order valence-electron chi connectivity index (χ4n) is 1.15. The van der Waals surface area contributed by atoms with Crippen LogP contribution in [0.3, 0.4) is 0 Å². The van der Waals surface area contributed by atoms with Crippen LogP contribution in [0.2, 0.25) is 0 Å². The average molecular weight is 173 g/mol. The van der Waals surface area contributed by atoms with E-state index >= 15 is 0 Å². The largest absolute Gasteiger partial charge is 0.441 e. The topological polar surface area (TPSA) is 25.0 Å². The second-order valence-corrected chi connectivity index (χ2v) is 2.96. The van der Waals surface area contributed by atoms with Crippen LogP contribution in [0.15, 0.2) is 42.6 Å². The molecule has 0 amide bonds. The second-order valence-electron chi connectivity index (χ2n) is 2.96. The minimum atomic E-state index is 0.781. The van der Waals surface area contributed by atoms with Crippen LogP contribution in [-0.4, -0.2) is 4.98 Å². The number of hydrogen-bond acceptors (Lipinski definition) is 1. The summed E-state index contributed by atoms with van der Waals surface area (Å²) in [7, 11) is 0. The minimum Gasteiger partial charge on any atom is -0.441 e. The Hall–Kier alpha value is -1.70. The molecule has 0 fully saturated rings. The molecule has 1 N–H and O–H groups in total. The van der Waals surface area contributed by atoms with Crippen molar-refractivity contribution in [1.82, 2.24) is 4.98 Å². The number of H-pyrrole nitrogens is 1. The SMILES string of the molecule is Cc1c[nH]c(Oc2ccccc2)c1. The van der Waals surface area contributed by atoms with Crippen molar-refractivity contribution in [3.8, 4) is 11.6 Å². The smallest absolute Gasteiger partial charge is 0.197 e. The van der Waals surface area contributed by atoms with Crippen LogP contribution in [0.5, 0.6) is 11.6 Å². The van der Waals surface area contributed by atoms with Gasteiger partial charge < -0.3 is 9.72 Å². The average Bonchev–Trinajstić information content (AvgIpc) is 2.53. The molecule has 2 nitrogen and oxygen atoms in total. The third kappa shape index (κ3) is 1.90. The van der Waals surface area contributed by atoms with Gasteiger partial charge in [-0.15, -0.1) is 0 Å². The lowest BCUT2D eigenvalue weighted by Gasteiger charge is -2.00. The molecule has 0 bridgehead atoms. The molecule has 0 saturated heterocycles. The van der Waals surface area contributed by atoms with E-state index < -0.39 is 0 Å². The van der Waals surface area contributed by atoms with Crippen molar-refractivity contribution in [2.24, 2.45) is 0 Å². The summed E-state index contributed by atoms with van der Waals surface area (Å²) in [5.41, 5.74) is 1.17. The molecule has 2 heteroatoms. The lowest BCUT2D eigenvalue weighted by Crippen LogP contribution is -1.81. The Balaban J connectivity index is 2.15. The molecule has 0 saturated carbocycles. The summed E-state index contributed by atoms with van der Waals surface area (Å²) in [5.74, 6) is 1.63. The molecule has 2 rings (SSSR count). The molecule has 13 heavy (non-hydrogen) atoms. The number of aryl methyl sites for hydroxylation is 1. The number of nitrogens with one attached hydrogen (secondary N) is 1. The molecule has 1 heterocycles. The molecule has 1 aromatic carbocycles. The molecule has 2 aromatic rings. The predicted molar refractivity (Wildman–Crippen MR) is 52.0 cm³/mol. The number of ether oxygens (including phenoxy) is 1. The van der Waals surface area contributed by atoms with Crippen LogP contribution in [0.25, 0.3) is 0 Å². The Kier molecular flexibility index (Phi) is 2.04. The number of rotatable bonds is 2. The van der Waals surface area contributed by atoms with E-state index in [1.807, 2.05) is 49.5 Å². The summed E-state index contributed by atoms with van der Waals surface area (Å²) in [6.07, 6.45) is 1.91. The monoisotopic (exact) mass is 173 g/mol. The number of para-hydroxylation sites is 1. The zero-order valence-corrected chi connectivity index (χ0v) is 7.45. The first-order chi connectivity index (χ1) is 6.34. The van der Waals surface area contributed by atoms with Crippen molar-refractivity contribution in [2.45, 2.75) is 6.92 Å². The number of hydrogen-bond donors (Lipinski definition) is 1. The highest BCUT2D eigenvalue weighted by molar-refractivity contribution is 5.28. The maximum absolute atomic E-state index is 5.54. The summed E-state index contributed by atoms with van der Waals surface area (Å²) in [6, 6.07) is 11.7. The maximum Gasteiger partial charge on any atom is 0.197 e. The third-order valence-electron chi connectivity index (χ3n) is 1.77. The number of aromatic amines is 1. The normalized spacial score (nSPS) is 9.92. The van der Waals surface area contributed by atoms with Gasteiger partial charge in [-0.25, -0.2) is 0 Å². The summed E-state index contributed by atoms with van der Waals surface area (Å²) < 4.78 is 5.54. The van der Waals surface area contributed by atoms with Gasteiger partial charge in [0.25, 0.3) is 0 Å². The number of aromatic nitrogens is 1. The van der Waals surface area contributed by atoms with Crippen molar-refractivity contribution in [3.63, 3.8) is 0 Å². The summed E-state index contributed by atoms with van der Waals surface area (Å²) in [6.45, 7) is 2.02. The van der Waals surface area contributed by atoms with Crippen LogP contribution < -0.4 is 4.74 Å². The lowest BCUT2D eigenvalue weighted by molar-refractivity contribution is 0.466. The molecule has 0 spiro atoms. The molecule has 0 aliphatic heterocycles. The van der Waals surface area contributed by atoms with Gasteiger partial charge in [0.2, 0.25) is 0 Å². The maximum atomic E-state index is 5.54. The van der Waals surface area contributed by atoms with Gasteiger partial charge in [-0.1, -0.05) is 18.2 Å². The Morgan fingerprint density at radius 1 is 1.15 bits per heavy atom. The van der Waals surface area contributed by atoms with Crippen LogP contribution >= 0.6 is 0 Å². The van der Waals surface area contributed by atoms with Gasteiger partial charge in [0.15, 0.2) is 5.88 Å². The van der Waals surface area contributed by atoms with Gasteiger partial charge in [-0.05, 0) is 24.6 Å². The predicted octanol–water partition coefficient (Wildman–Crippen LogP) is 3.12. The highest BCUT2D eigenvalue weighted by Crippen LogP contribution is 2.19. The molecular weight excluding hydrogens is 162 g/mol. The zero-order valence-electron chi connectivity index (χ0n) is 7.45. The Morgan fingerprint density at radius 3 is 2.54 bits per heavy atom.